The Morgan fingerprint density at radius 2 is 1.83 bits per heavy atom. The van der Waals surface area contributed by atoms with E-state index in [4.69, 9.17) is 9.47 Å². The van der Waals surface area contributed by atoms with Gasteiger partial charge in [0.15, 0.2) is 5.96 Å². The van der Waals surface area contributed by atoms with E-state index in [-0.39, 0.29) is 6.09 Å². The van der Waals surface area contributed by atoms with Gasteiger partial charge in [-0.15, -0.1) is 0 Å². The first-order valence-corrected chi connectivity index (χ1v) is 8.91. The Morgan fingerprint density at radius 3 is 2.38 bits per heavy atom. The quantitative estimate of drug-likeness (QED) is 0.361. The van der Waals surface area contributed by atoms with Gasteiger partial charge in [-0.2, -0.15) is 0 Å². The van der Waals surface area contributed by atoms with Crippen molar-refractivity contribution in [3.8, 4) is 0 Å². The van der Waals surface area contributed by atoms with Gasteiger partial charge >= 0.3 is 6.09 Å². The molecule has 7 heteroatoms. The van der Waals surface area contributed by atoms with Crippen molar-refractivity contribution in [3.05, 3.63) is 0 Å². The molecule has 0 saturated heterocycles. The van der Waals surface area contributed by atoms with E-state index in [2.05, 4.69) is 15.6 Å². The number of nitrogens with zero attached hydrogens (tertiary/aromatic N) is 2. The first-order chi connectivity index (χ1) is 11.3. The molecule has 0 saturated carbocycles. The van der Waals surface area contributed by atoms with Gasteiger partial charge in [-0.05, 0) is 41.0 Å². The third kappa shape index (κ3) is 12.0. The van der Waals surface area contributed by atoms with Crippen LogP contribution in [0.1, 0.15) is 48.0 Å². The summed E-state index contributed by atoms with van der Waals surface area (Å²) in [6, 6.07) is 0. The highest BCUT2D eigenvalue weighted by atomic mass is 16.6. The molecule has 2 N–H and O–H groups in total. The fourth-order valence-corrected chi connectivity index (χ4v) is 1.91. The zero-order chi connectivity index (χ0) is 18.4. The number of hydrogen-bond acceptors (Lipinski definition) is 4. The molecule has 0 bridgehead atoms. The highest BCUT2D eigenvalue weighted by molar-refractivity contribution is 5.79. The lowest BCUT2D eigenvalue weighted by Crippen LogP contribution is -2.44. The second-order valence-corrected chi connectivity index (χ2v) is 6.35. The molecule has 0 aromatic carbocycles. The van der Waals surface area contributed by atoms with Crippen LogP contribution in [0.4, 0.5) is 4.79 Å². The van der Waals surface area contributed by atoms with Gasteiger partial charge in [-0.25, -0.2) is 4.79 Å². The average Bonchev–Trinajstić information content (AvgIpc) is 2.48. The van der Waals surface area contributed by atoms with Crippen molar-refractivity contribution in [1.82, 2.24) is 15.5 Å². The van der Waals surface area contributed by atoms with E-state index in [0.29, 0.717) is 39.4 Å². The summed E-state index contributed by atoms with van der Waals surface area (Å²) in [7, 11) is 0. The molecule has 0 heterocycles. The van der Waals surface area contributed by atoms with E-state index >= 15 is 0 Å². The minimum atomic E-state index is -0.480. The van der Waals surface area contributed by atoms with Crippen molar-refractivity contribution in [2.75, 3.05) is 45.9 Å². The van der Waals surface area contributed by atoms with Gasteiger partial charge in [0.05, 0.1) is 13.2 Å². The number of amides is 1. The SMILES string of the molecule is CCCN(CCNC(=NCCOCC)NCC)C(=O)OC(C)(C)C. The highest BCUT2D eigenvalue weighted by Crippen LogP contribution is 2.09. The Morgan fingerprint density at radius 1 is 1.12 bits per heavy atom. The maximum Gasteiger partial charge on any atom is 0.410 e. The van der Waals surface area contributed by atoms with E-state index < -0.39 is 5.60 Å². The molecular weight excluding hydrogens is 308 g/mol. The van der Waals surface area contributed by atoms with Crippen molar-refractivity contribution < 1.29 is 14.3 Å². The van der Waals surface area contributed by atoms with Crippen LogP contribution in [0.15, 0.2) is 4.99 Å². The molecule has 0 aromatic heterocycles. The molecule has 0 aliphatic carbocycles. The largest absolute Gasteiger partial charge is 0.444 e. The van der Waals surface area contributed by atoms with Gasteiger partial charge in [0.1, 0.15) is 5.60 Å². The third-order valence-electron chi connectivity index (χ3n) is 2.87. The normalized spacial score (nSPS) is 12.0. The summed E-state index contributed by atoms with van der Waals surface area (Å²) in [6.45, 7) is 16.2. The summed E-state index contributed by atoms with van der Waals surface area (Å²) in [6.07, 6.45) is 0.617. The van der Waals surface area contributed by atoms with E-state index in [1.807, 2.05) is 41.5 Å². The van der Waals surface area contributed by atoms with Crippen LogP contribution >= 0.6 is 0 Å². The number of carbonyl (C=O) groups is 1. The lowest BCUT2D eigenvalue weighted by molar-refractivity contribution is 0.0253. The molecule has 0 aliphatic heterocycles. The number of guanidine groups is 1. The second kappa shape index (κ2) is 12.9. The van der Waals surface area contributed by atoms with Gasteiger partial charge in [0, 0.05) is 32.8 Å². The molecule has 142 valence electrons. The molecule has 0 spiro atoms. The van der Waals surface area contributed by atoms with Gasteiger partial charge in [0.25, 0.3) is 0 Å². The number of nitrogens with one attached hydrogen (secondary N) is 2. The number of hydrogen-bond donors (Lipinski definition) is 2. The summed E-state index contributed by atoms with van der Waals surface area (Å²) < 4.78 is 10.7. The van der Waals surface area contributed by atoms with Crippen molar-refractivity contribution in [3.63, 3.8) is 0 Å². The molecule has 0 unspecified atom stereocenters. The smallest absolute Gasteiger partial charge is 0.410 e. The van der Waals surface area contributed by atoms with Gasteiger partial charge in [0.2, 0.25) is 0 Å². The zero-order valence-electron chi connectivity index (χ0n) is 16.3. The molecule has 7 nitrogen and oxygen atoms in total. The summed E-state index contributed by atoms with van der Waals surface area (Å²) >= 11 is 0. The van der Waals surface area contributed by atoms with Crippen LogP contribution in [0.3, 0.4) is 0 Å². The molecule has 0 rings (SSSR count). The Hall–Kier alpha value is -1.50. The van der Waals surface area contributed by atoms with Crippen molar-refractivity contribution in [2.45, 2.75) is 53.6 Å². The van der Waals surface area contributed by atoms with Crippen LogP contribution in [0.25, 0.3) is 0 Å². The average molecular weight is 345 g/mol. The Kier molecular flexibility index (Phi) is 12.1. The summed E-state index contributed by atoms with van der Waals surface area (Å²) in [5.74, 6) is 0.734. The van der Waals surface area contributed by atoms with Crippen LogP contribution < -0.4 is 10.6 Å². The lowest BCUT2D eigenvalue weighted by atomic mass is 10.2. The minimum absolute atomic E-state index is 0.274. The summed E-state index contributed by atoms with van der Waals surface area (Å²) in [5.41, 5.74) is -0.480. The maximum absolute atomic E-state index is 12.2. The number of carbonyl (C=O) groups excluding carboxylic acids is 1. The predicted octanol–water partition coefficient (Wildman–Crippen LogP) is 2.23. The van der Waals surface area contributed by atoms with E-state index in [1.54, 1.807) is 4.90 Å². The number of ether oxygens (including phenoxy) is 2. The van der Waals surface area contributed by atoms with Gasteiger partial charge in [-0.3, -0.25) is 4.99 Å². The molecule has 0 aliphatic rings. The zero-order valence-corrected chi connectivity index (χ0v) is 16.3. The number of aliphatic imine (C=N–C) groups is 1. The third-order valence-corrected chi connectivity index (χ3v) is 2.87. The molecular formula is C17H36N4O3. The molecule has 0 atom stereocenters. The van der Waals surface area contributed by atoms with Crippen LogP contribution in [0, 0.1) is 0 Å². The maximum atomic E-state index is 12.2. The van der Waals surface area contributed by atoms with E-state index in [1.165, 1.54) is 0 Å². The molecule has 0 fully saturated rings. The first-order valence-electron chi connectivity index (χ1n) is 8.91. The number of rotatable bonds is 10. The van der Waals surface area contributed by atoms with Gasteiger partial charge in [-0.1, -0.05) is 6.92 Å². The van der Waals surface area contributed by atoms with Gasteiger partial charge < -0.3 is 25.0 Å². The highest BCUT2D eigenvalue weighted by Gasteiger charge is 2.21. The van der Waals surface area contributed by atoms with Crippen LogP contribution in [-0.4, -0.2) is 68.5 Å². The Balaban J connectivity index is 4.41. The van der Waals surface area contributed by atoms with E-state index in [9.17, 15) is 4.79 Å². The topological polar surface area (TPSA) is 75.2 Å². The Labute approximate surface area is 147 Å². The Bertz CT molecular complexity index is 367. The monoisotopic (exact) mass is 344 g/mol. The fraction of sp³-hybridized carbons (Fsp3) is 0.882. The molecule has 0 radical (unpaired) electrons. The summed E-state index contributed by atoms with van der Waals surface area (Å²) in [5, 5.41) is 6.42. The van der Waals surface area contributed by atoms with Crippen LogP contribution in [0.5, 0.6) is 0 Å². The first kappa shape index (κ1) is 22.5. The lowest BCUT2D eigenvalue weighted by Gasteiger charge is -2.27. The molecule has 24 heavy (non-hydrogen) atoms. The standard InChI is InChI=1S/C17H36N4O3/c1-7-12-21(16(22)24-17(4,5)6)13-10-19-15(18-8-2)20-11-14-23-9-3/h7-14H2,1-6H3,(H2,18,19,20). The second-order valence-electron chi connectivity index (χ2n) is 6.35. The van der Waals surface area contributed by atoms with Crippen LogP contribution in [0.2, 0.25) is 0 Å². The minimum Gasteiger partial charge on any atom is -0.444 e. The van der Waals surface area contributed by atoms with Crippen molar-refractivity contribution in [2.24, 2.45) is 4.99 Å². The molecule has 1 amide bonds. The summed E-state index contributed by atoms with van der Waals surface area (Å²) in [4.78, 5) is 18.4. The van der Waals surface area contributed by atoms with Crippen molar-refractivity contribution in [1.29, 1.82) is 0 Å². The fourth-order valence-electron chi connectivity index (χ4n) is 1.91. The van der Waals surface area contributed by atoms with Crippen LogP contribution in [-0.2, 0) is 9.47 Å². The molecule has 0 aromatic rings. The predicted molar refractivity (Wildman–Crippen MR) is 98.6 cm³/mol. The van der Waals surface area contributed by atoms with E-state index in [0.717, 1.165) is 18.9 Å². The van der Waals surface area contributed by atoms with Crippen molar-refractivity contribution >= 4 is 12.1 Å².